The molecule has 0 aliphatic rings. The van der Waals surface area contributed by atoms with Gasteiger partial charge in [-0.15, -0.1) is 6.58 Å². The summed E-state index contributed by atoms with van der Waals surface area (Å²) in [5, 5.41) is 0. The Hall–Kier alpha value is -1.50. The van der Waals surface area contributed by atoms with Crippen LogP contribution in [0.2, 0.25) is 0 Å². The van der Waals surface area contributed by atoms with Crippen LogP contribution in [-0.2, 0) is 12.8 Å². The van der Waals surface area contributed by atoms with Crippen LogP contribution < -0.4 is 4.74 Å². The maximum Gasteiger partial charge on any atom is 0.122 e. The molecule has 1 nitrogen and oxygen atoms in total. The number of benzene rings is 1. The molecule has 104 valence electrons. The molecule has 0 aromatic heterocycles. The second-order valence-corrected chi connectivity index (χ2v) is 4.93. The quantitative estimate of drug-likeness (QED) is 0.589. The number of aryl methyl sites for hydroxylation is 2. The van der Waals surface area contributed by atoms with Crippen molar-refractivity contribution in [3.63, 3.8) is 0 Å². The molecule has 0 N–H and O–H groups in total. The third-order valence-electron chi connectivity index (χ3n) is 3.32. The smallest absolute Gasteiger partial charge is 0.122 e. The Kier molecular flexibility index (Phi) is 7.02. The molecule has 0 aliphatic heterocycles. The van der Waals surface area contributed by atoms with Crippen LogP contribution in [-0.4, -0.2) is 7.11 Å². The van der Waals surface area contributed by atoms with Crippen LogP contribution in [0.5, 0.6) is 5.75 Å². The third kappa shape index (κ3) is 5.34. The van der Waals surface area contributed by atoms with Crippen molar-refractivity contribution < 1.29 is 4.74 Å². The predicted octanol–water partition coefficient (Wildman–Crippen LogP) is 5.10. The number of hydrogen-bond acceptors (Lipinski definition) is 1. The molecule has 1 heteroatoms. The molecule has 0 atom stereocenters. The van der Waals surface area contributed by atoms with Crippen LogP contribution in [0, 0.1) is 0 Å². The Morgan fingerprint density at radius 2 is 2.11 bits per heavy atom. The monoisotopic (exact) mass is 258 g/mol. The van der Waals surface area contributed by atoms with Gasteiger partial charge in [-0.3, -0.25) is 0 Å². The summed E-state index contributed by atoms with van der Waals surface area (Å²) in [4.78, 5) is 0. The van der Waals surface area contributed by atoms with Crippen LogP contribution in [0.4, 0.5) is 0 Å². The third-order valence-corrected chi connectivity index (χ3v) is 3.32. The summed E-state index contributed by atoms with van der Waals surface area (Å²) < 4.78 is 5.42. The van der Waals surface area contributed by atoms with Gasteiger partial charge in [0.1, 0.15) is 5.75 Å². The summed E-state index contributed by atoms with van der Waals surface area (Å²) in [7, 11) is 1.74. The zero-order chi connectivity index (χ0) is 14.1. The fourth-order valence-corrected chi connectivity index (χ4v) is 2.23. The fraction of sp³-hybridized carbons (Fsp3) is 0.444. The van der Waals surface area contributed by atoms with Gasteiger partial charge in [0.2, 0.25) is 0 Å². The van der Waals surface area contributed by atoms with E-state index in [2.05, 4.69) is 44.7 Å². The average Bonchev–Trinajstić information content (AvgIpc) is 2.43. The first kappa shape index (κ1) is 15.6. The number of hydrogen-bond donors (Lipinski definition) is 0. The maximum atomic E-state index is 5.42. The van der Waals surface area contributed by atoms with Gasteiger partial charge in [0.25, 0.3) is 0 Å². The van der Waals surface area contributed by atoms with Crippen molar-refractivity contribution in [3.8, 4) is 5.75 Å². The minimum atomic E-state index is 0.992. The highest BCUT2D eigenvalue weighted by Crippen LogP contribution is 2.23. The normalized spacial score (nSPS) is 11.4. The van der Waals surface area contributed by atoms with Gasteiger partial charge in [0.05, 0.1) is 7.11 Å². The molecule has 0 aliphatic carbocycles. The van der Waals surface area contributed by atoms with E-state index < -0.39 is 0 Å². The maximum absolute atomic E-state index is 5.42. The predicted molar refractivity (Wildman–Crippen MR) is 83.9 cm³/mol. The van der Waals surface area contributed by atoms with Crippen molar-refractivity contribution in [2.24, 2.45) is 0 Å². The lowest BCUT2D eigenvalue weighted by Crippen LogP contribution is -1.95. The number of ether oxygens (including phenoxy) is 1. The van der Waals surface area contributed by atoms with Crippen LogP contribution in [0.15, 0.2) is 42.5 Å². The highest BCUT2D eigenvalue weighted by Gasteiger charge is 2.04. The van der Waals surface area contributed by atoms with Gasteiger partial charge >= 0.3 is 0 Å². The molecule has 0 heterocycles. The summed E-state index contributed by atoms with van der Waals surface area (Å²) in [5.41, 5.74) is 4.16. The molecule has 0 fully saturated rings. The van der Waals surface area contributed by atoms with Crippen LogP contribution >= 0.6 is 0 Å². The van der Waals surface area contributed by atoms with E-state index in [0.717, 1.165) is 37.9 Å². The van der Waals surface area contributed by atoms with E-state index in [1.54, 1.807) is 7.11 Å². The lowest BCUT2D eigenvalue weighted by Gasteiger charge is -2.10. The minimum absolute atomic E-state index is 0.992. The van der Waals surface area contributed by atoms with Crippen LogP contribution in [0.25, 0.3) is 0 Å². The highest BCUT2D eigenvalue weighted by atomic mass is 16.5. The Labute approximate surface area is 118 Å². The second kappa shape index (κ2) is 8.58. The molecule has 0 spiro atoms. The van der Waals surface area contributed by atoms with Crippen LogP contribution in [0.1, 0.15) is 44.2 Å². The van der Waals surface area contributed by atoms with E-state index >= 15 is 0 Å². The fourth-order valence-electron chi connectivity index (χ4n) is 2.23. The topological polar surface area (TPSA) is 9.23 Å². The van der Waals surface area contributed by atoms with E-state index in [0.29, 0.717) is 0 Å². The summed E-state index contributed by atoms with van der Waals surface area (Å²) in [6.45, 7) is 8.18. The molecule has 1 rings (SSSR count). The Bertz CT molecular complexity index is 429. The second-order valence-electron chi connectivity index (χ2n) is 4.93. The van der Waals surface area contributed by atoms with E-state index in [-0.39, 0.29) is 0 Å². The first-order valence-electron chi connectivity index (χ1n) is 7.13. The van der Waals surface area contributed by atoms with Crippen molar-refractivity contribution in [1.82, 2.24) is 0 Å². The van der Waals surface area contributed by atoms with Crippen molar-refractivity contribution in [3.05, 3.63) is 53.6 Å². The molecule has 0 amide bonds. The van der Waals surface area contributed by atoms with Gasteiger partial charge in [0, 0.05) is 0 Å². The minimum Gasteiger partial charge on any atom is -0.496 e. The molecule has 19 heavy (non-hydrogen) atoms. The lowest BCUT2D eigenvalue weighted by atomic mass is 10.00. The largest absolute Gasteiger partial charge is 0.496 e. The standard InChI is InChI=1S/C18H26O/c1-5-7-9-17-14-16(12-13-18(17)19-4)11-10-15(3)8-6-2/h5,8,12-14H,1,6-7,9-11H2,2-4H3. The van der Waals surface area contributed by atoms with Crippen LogP contribution in [0.3, 0.4) is 0 Å². The first-order chi connectivity index (χ1) is 9.21. The molecular weight excluding hydrogens is 232 g/mol. The highest BCUT2D eigenvalue weighted by molar-refractivity contribution is 5.38. The zero-order valence-corrected chi connectivity index (χ0v) is 12.5. The van der Waals surface area contributed by atoms with Gasteiger partial charge < -0.3 is 4.74 Å². The molecule has 0 radical (unpaired) electrons. The average molecular weight is 258 g/mol. The summed E-state index contributed by atoms with van der Waals surface area (Å²) in [6.07, 6.45) is 9.63. The van der Waals surface area contributed by atoms with Gasteiger partial charge in [-0.1, -0.05) is 36.8 Å². The van der Waals surface area contributed by atoms with Gasteiger partial charge in [-0.2, -0.15) is 0 Å². The SMILES string of the molecule is C=CCCc1cc(CCC(C)=CCC)ccc1OC. The number of methoxy groups -OCH3 is 1. The lowest BCUT2D eigenvalue weighted by molar-refractivity contribution is 0.409. The zero-order valence-electron chi connectivity index (χ0n) is 12.5. The van der Waals surface area contributed by atoms with Gasteiger partial charge in [-0.05, 0) is 56.2 Å². The van der Waals surface area contributed by atoms with Gasteiger partial charge in [-0.25, -0.2) is 0 Å². The number of allylic oxidation sites excluding steroid dienone is 3. The molecule has 1 aromatic rings. The van der Waals surface area contributed by atoms with E-state index in [9.17, 15) is 0 Å². The molecular formula is C18H26O. The molecule has 0 bridgehead atoms. The summed E-state index contributed by atoms with van der Waals surface area (Å²) in [6, 6.07) is 6.55. The van der Waals surface area contributed by atoms with Crippen molar-refractivity contribution in [2.75, 3.05) is 7.11 Å². The Morgan fingerprint density at radius 3 is 2.74 bits per heavy atom. The van der Waals surface area contributed by atoms with E-state index in [1.165, 1.54) is 16.7 Å². The van der Waals surface area contributed by atoms with E-state index in [4.69, 9.17) is 4.74 Å². The van der Waals surface area contributed by atoms with Gasteiger partial charge in [0.15, 0.2) is 0 Å². The van der Waals surface area contributed by atoms with Crippen molar-refractivity contribution >= 4 is 0 Å². The van der Waals surface area contributed by atoms with Crippen molar-refractivity contribution in [1.29, 1.82) is 0 Å². The first-order valence-corrected chi connectivity index (χ1v) is 7.13. The van der Waals surface area contributed by atoms with E-state index in [1.807, 2.05) is 6.08 Å². The van der Waals surface area contributed by atoms with Crippen molar-refractivity contribution in [2.45, 2.75) is 46.0 Å². The number of rotatable bonds is 8. The molecule has 0 unspecified atom stereocenters. The Morgan fingerprint density at radius 1 is 1.32 bits per heavy atom. The molecule has 0 saturated carbocycles. The summed E-state index contributed by atoms with van der Waals surface area (Å²) in [5.74, 6) is 0.992. The summed E-state index contributed by atoms with van der Waals surface area (Å²) >= 11 is 0. The molecule has 0 saturated heterocycles. The molecule has 1 aromatic carbocycles. The Balaban J connectivity index is 2.74.